The molecule has 1 radical (unpaired) electrons. The second kappa shape index (κ2) is 3.53. The first kappa shape index (κ1) is 8.98. The highest BCUT2D eigenvalue weighted by atomic mass is 35.5. The Bertz CT molecular complexity index is 273. The van der Waals surface area contributed by atoms with Gasteiger partial charge in [-0.2, -0.15) is 0 Å². The van der Waals surface area contributed by atoms with E-state index in [1.165, 1.54) is 13.2 Å². The summed E-state index contributed by atoms with van der Waals surface area (Å²) >= 11 is 17.1. The van der Waals surface area contributed by atoms with E-state index in [1.807, 2.05) is 0 Å². The lowest BCUT2D eigenvalue weighted by molar-refractivity contribution is 0.415. The zero-order valence-electron chi connectivity index (χ0n) is 5.62. The van der Waals surface area contributed by atoms with E-state index in [1.54, 1.807) is 0 Å². The Labute approximate surface area is 79.8 Å². The van der Waals surface area contributed by atoms with E-state index in [4.69, 9.17) is 39.5 Å². The minimum atomic E-state index is 0.293. The summed E-state index contributed by atoms with van der Waals surface area (Å²) < 4.78 is 4.89. The van der Waals surface area contributed by atoms with Crippen molar-refractivity contribution in [3.63, 3.8) is 0 Å². The summed E-state index contributed by atoms with van der Waals surface area (Å²) in [5.41, 5.74) is 0. The van der Waals surface area contributed by atoms with E-state index in [0.29, 0.717) is 20.8 Å². The van der Waals surface area contributed by atoms with Crippen LogP contribution in [0.4, 0.5) is 0 Å². The summed E-state index contributed by atoms with van der Waals surface area (Å²) in [5, 5.41) is 1.01. The molecule has 0 heterocycles. The van der Waals surface area contributed by atoms with Crippen LogP contribution in [0.3, 0.4) is 0 Å². The molecule has 1 nitrogen and oxygen atoms in total. The first-order chi connectivity index (χ1) is 5.16. The molecule has 0 saturated carbocycles. The fraction of sp³-hybridized carbons (Fsp3) is 0.143. The molecule has 0 aliphatic carbocycles. The SMILES string of the molecule is COc1c(Cl)c[c]c(Cl)c1Cl. The summed E-state index contributed by atoms with van der Waals surface area (Å²) in [7, 11) is 1.48. The minimum Gasteiger partial charge on any atom is -0.494 e. The smallest absolute Gasteiger partial charge is 0.157 e. The molecule has 1 aromatic carbocycles. The summed E-state index contributed by atoms with van der Waals surface area (Å²) in [4.78, 5) is 0. The van der Waals surface area contributed by atoms with Gasteiger partial charge in [0.2, 0.25) is 0 Å². The van der Waals surface area contributed by atoms with Crippen molar-refractivity contribution in [2.24, 2.45) is 0 Å². The van der Waals surface area contributed by atoms with Crippen LogP contribution in [-0.2, 0) is 0 Å². The van der Waals surface area contributed by atoms with Crippen molar-refractivity contribution in [2.75, 3.05) is 7.11 Å². The van der Waals surface area contributed by atoms with E-state index >= 15 is 0 Å². The summed E-state index contributed by atoms with van der Waals surface area (Å²) in [5.74, 6) is 0.386. The summed E-state index contributed by atoms with van der Waals surface area (Å²) in [6.45, 7) is 0. The first-order valence-electron chi connectivity index (χ1n) is 2.76. The van der Waals surface area contributed by atoms with Crippen molar-refractivity contribution in [3.05, 3.63) is 27.2 Å². The number of hydrogen-bond acceptors (Lipinski definition) is 1. The Hall–Kier alpha value is -0.110. The first-order valence-corrected chi connectivity index (χ1v) is 3.89. The van der Waals surface area contributed by atoms with Crippen LogP contribution in [0.15, 0.2) is 6.07 Å². The maximum atomic E-state index is 5.73. The summed E-state index contributed by atoms with van der Waals surface area (Å²) in [6.07, 6.45) is 0. The van der Waals surface area contributed by atoms with Crippen molar-refractivity contribution >= 4 is 34.8 Å². The quantitative estimate of drug-likeness (QED) is 0.645. The number of methoxy groups -OCH3 is 1. The van der Waals surface area contributed by atoms with Crippen molar-refractivity contribution in [1.82, 2.24) is 0 Å². The van der Waals surface area contributed by atoms with Crippen LogP contribution in [0.2, 0.25) is 15.1 Å². The molecule has 59 valence electrons. The lowest BCUT2D eigenvalue weighted by atomic mass is 10.3. The van der Waals surface area contributed by atoms with Gasteiger partial charge in [-0.3, -0.25) is 0 Å². The molecule has 0 saturated heterocycles. The maximum absolute atomic E-state index is 5.73. The van der Waals surface area contributed by atoms with Gasteiger partial charge in [-0.15, -0.1) is 0 Å². The zero-order valence-corrected chi connectivity index (χ0v) is 7.89. The van der Waals surface area contributed by atoms with Crippen LogP contribution in [0.25, 0.3) is 0 Å². The molecule has 4 heteroatoms. The lowest BCUT2D eigenvalue weighted by Gasteiger charge is -2.04. The highest BCUT2D eigenvalue weighted by Crippen LogP contribution is 2.37. The Morgan fingerprint density at radius 1 is 1.36 bits per heavy atom. The van der Waals surface area contributed by atoms with Crippen molar-refractivity contribution in [1.29, 1.82) is 0 Å². The number of halogens is 3. The molecule has 1 aromatic rings. The Balaban J connectivity index is 3.29. The second-order valence-corrected chi connectivity index (χ2v) is 2.96. The molecular weight excluding hydrogens is 206 g/mol. The van der Waals surface area contributed by atoms with Crippen LogP contribution in [0, 0.1) is 6.07 Å². The third-order valence-electron chi connectivity index (χ3n) is 1.14. The Morgan fingerprint density at radius 3 is 2.45 bits per heavy atom. The van der Waals surface area contributed by atoms with E-state index in [-0.39, 0.29) is 0 Å². The number of benzene rings is 1. The lowest BCUT2D eigenvalue weighted by Crippen LogP contribution is -1.85. The predicted molar refractivity (Wildman–Crippen MR) is 46.9 cm³/mol. The predicted octanol–water partition coefficient (Wildman–Crippen LogP) is 3.46. The van der Waals surface area contributed by atoms with Crippen LogP contribution in [0.1, 0.15) is 0 Å². The van der Waals surface area contributed by atoms with Crippen molar-refractivity contribution in [3.8, 4) is 5.75 Å². The molecule has 1 rings (SSSR count). The fourth-order valence-corrected chi connectivity index (χ4v) is 1.30. The average molecular weight is 210 g/mol. The average Bonchev–Trinajstić information content (AvgIpc) is 1.99. The van der Waals surface area contributed by atoms with Gasteiger partial charge in [-0.05, 0) is 6.07 Å². The second-order valence-electron chi connectivity index (χ2n) is 1.80. The maximum Gasteiger partial charge on any atom is 0.157 e. The summed E-state index contributed by atoms with van der Waals surface area (Å²) in [6, 6.07) is 4.17. The van der Waals surface area contributed by atoms with Gasteiger partial charge in [0.15, 0.2) is 5.75 Å². The van der Waals surface area contributed by atoms with E-state index < -0.39 is 0 Å². The number of hydrogen-bond donors (Lipinski definition) is 0. The monoisotopic (exact) mass is 209 g/mol. The molecule has 0 amide bonds. The van der Waals surface area contributed by atoms with Crippen molar-refractivity contribution < 1.29 is 4.74 Å². The Morgan fingerprint density at radius 2 is 2.00 bits per heavy atom. The van der Waals surface area contributed by atoms with Gasteiger partial charge >= 0.3 is 0 Å². The molecule has 0 bridgehead atoms. The third-order valence-corrected chi connectivity index (χ3v) is 2.17. The molecule has 0 fully saturated rings. The van der Waals surface area contributed by atoms with Gasteiger partial charge in [0, 0.05) is 6.07 Å². The van der Waals surface area contributed by atoms with Gasteiger partial charge in [-0.1, -0.05) is 34.8 Å². The van der Waals surface area contributed by atoms with Crippen LogP contribution < -0.4 is 4.74 Å². The van der Waals surface area contributed by atoms with Crippen LogP contribution in [0.5, 0.6) is 5.75 Å². The zero-order chi connectivity index (χ0) is 8.43. The van der Waals surface area contributed by atoms with Gasteiger partial charge in [0.05, 0.1) is 17.2 Å². The largest absolute Gasteiger partial charge is 0.494 e. The van der Waals surface area contributed by atoms with E-state index in [2.05, 4.69) is 6.07 Å². The molecule has 0 unspecified atom stereocenters. The molecule has 0 spiro atoms. The molecule has 0 aliphatic rings. The third kappa shape index (κ3) is 1.73. The minimum absolute atomic E-state index is 0.293. The van der Waals surface area contributed by atoms with Gasteiger partial charge in [-0.25, -0.2) is 0 Å². The van der Waals surface area contributed by atoms with Crippen LogP contribution in [-0.4, -0.2) is 7.11 Å². The topological polar surface area (TPSA) is 9.23 Å². The molecule has 0 atom stereocenters. The van der Waals surface area contributed by atoms with Crippen molar-refractivity contribution in [2.45, 2.75) is 0 Å². The van der Waals surface area contributed by atoms with E-state index in [9.17, 15) is 0 Å². The molecule has 0 aliphatic heterocycles. The highest BCUT2D eigenvalue weighted by molar-refractivity contribution is 6.44. The van der Waals surface area contributed by atoms with Crippen LogP contribution >= 0.6 is 34.8 Å². The molecule has 0 N–H and O–H groups in total. The van der Waals surface area contributed by atoms with Gasteiger partial charge < -0.3 is 4.74 Å². The molecule has 0 aromatic heterocycles. The fourth-order valence-electron chi connectivity index (χ4n) is 0.647. The molecular formula is C7H4Cl3O. The van der Waals surface area contributed by atoms with Gasteiger partial charge in [0.1, 0.15) is 5.02 Å². The van der Waals surface area contributed by atoms with E-state index in [0.717, 1.165) is 0 Å². The Kier molecular flexibility index (Phi) is 2.88. The highest BCUT2D eigenvalue weighted by Gasteiger charge is 2.08. The number of rotatable bonds is 1. The van der Waals surface area contributed by atoms with Gasteiger partial charge in [0.25, 0.3) is 0 Å². The molecule has 11 heavy (non-hydrogen) atoms. The number of ether oxygens (including phenoxy) is 1. The standard InChI is InChI=1S/C7H4Cl3O/c1-11-7-5(9)3-2-4(8)6(7)10/h3H,1H3. The normalized spacial score (nSPS) is 9.82.